The van der Waals surface area contributed by atoms with Gasteiger partial charge in [-0.3, -0.25) is 9.79 Å². The summed E-state index contributed by atoms with van der Waals surface area (Å²) in [4.78, 5) is 19.4. The van der Waals surface area contributed by atoms with Gasteiger partial charge >= 0.3 is 6.18 Å². The molecule has 2 heterocycles. The van der Waals surface area contributed by atoms with Crippen molar-refractivity contribution in [2.45, 2.75) is 26.1 Å². The lowest BCUT2D eigenvalue weighted by atomic mass is 10.2. The minimum atomic E-state index is -4.44. The third-order valence-corrected chi connectivity index (χ3v) is 4.32. The lowest BCUT2D eigenvalue weighted by Crippen LogP contribution is -2.38. The number of aliphatic imine (C=N–C) groups is 1. The summed E-state index contributed by atoms with van der Waals surface area (Å²) in [5, 5.41) is 9.95. The van der Waals surface area contributed by atoms with Crippen LogP contribution >= 0.6 is 35.3 Å². The Bertz CT molecular complexity index is 791. The number of amides is 1. The summed E-state index contributed by atoms with van der Waals surface area (Å²) in [5.41, 5.74) is -0.124. The van der Waals surface area contributed by atoms with Gasteiger partial charge in [-0.05, 0) is 19.4 Å². The highest BCUT2D eigenvalue weighted by Gasteiger charge is 2.33. The first-order chi connectivity index (χ1) is 12.8. The molecule has 0 aliphatic heterocycles. The number of nitrogens with one attached hydrogen (secondary N) is 3. The van der Waals surface area contributed by atoms with E-state index in [-0.39, 0.29) is 36.4 Å². The summed E-state index contributed by atoms with van der Waals surface area (Å²) in [6.45, 7) is 2.87. The molecule has 2 aromatic rings. The molecule has 0 atom stereocenters. The summed E-state index contributed by atoms with van der Waals surface area (Å²) in [5.74, 6) is 0.457. The van der Waals surface area contributed by atoms with Crippen molar-refractivity contribution < 1.29 is 22.4 Å². The fourth-order valence-corrected chi connectivity index (χ4v) is 2.83. The molecule has 0 bridgehead atoms. The summed E-state index contributed by atoms with van der Waals surface area (Å²) in [6.07, 6.45) is -2.35. The second kappa shape index (κ2) is 11.2. The van der Waals surface area contributed by atoms with Crippen molar-refractivity contribution in [2.24, 2.45) is 4.99 Å². The van der Waals surface area contributed by atoms with Crippen LogP contribution < -0.4 is 16.0 Å². The maximum atomic E-state index is 12.5. The Morgan fingerprint density at radius 1 is 1.29 bits per heavy atom. The van der Waals surface area contributed by atoms with Crippen LogP contribution in [0.3, 0.4) is 0 Å². The molecule has 0 aliphatic carbocycles. The molecular formula is C16H21F3IN5O2S. The van der Waals surface area contributed by atoms with Crippen molar-refractivity contribution in [3.8, 4) is 0 Å². The largest absolute Gasteiger partial charge is 0.459 e. The third kappa shape index (κ3) is 7.30. The number of carbonyl (C=O) groups excluding carboxylic acids is 1. The lowest BCUT2D eigenvalue weighted by molar-refractivity contribution is -0.140. The van der Waals surface area contributed by atoms with Crippen molar-refractivity contribution in [1.82, 2.24) is 20.9 Å². The molecular weight excluding hydrogens is 510 g/mol. The molecule has 0 aromatic carbocycles. The highest BCUT2D eigenvalue weighted by atomic mass is 127. The molecule has 3 N–H and O–H groups in total. The number of thiazole rings is 1. The van der Waals surface area contributed by atoms with Crippen LogP contribution in [0.1, 0.15) is 33.2 Å². The number of carbonyl (C=O) groups is 1. The summed E-state index contributed by atoms with van der Waals surface area (Å²) >= 11 is 0.931. The zero-order valence-electron chi connectivity index (χ0n) is 15.2. The molecule has 1 amide bonds. The number of rotatable bonds is 7. The zero-order valence-corrected chi connectivity index (χ0v) is 18.4. The molecule has 7 nitrogen and oxygen atoms in total. The summed E-state index contributed by atoms with van der Waals surface area (Å²) in [6, 6.07) is 1.71. The van der Waals surface area contributed by atoms with Crippen molar-refractivity contribution in [3.05, 3.63) is 39.7 Å². The molecule has 0 saturated carbocycles. The summed E-state index contributed by atoms with van der Waals surface area (Å²) in [7, 11) is 1.56. The Morgan fingerprint density at radius 3 is 2.57 bits per heavy atom. The molecule has 12 heteroatoms. The predicted molar refractivity (Wildman–Crippen MR) is 111 cm³/mol. The average molecular weight is 531 g/mol. The number of guanidine groups is 1. The van der Waals surface area contributed by atoms with Gasteiger partial charge in [0, 0.05) is 31.1 Å². The fraction of sp³-hybridized carbons (Fsp3) is 0.438. The predicted octanol–water partition coefficient (Wildman–Crippen LogP) is 3.17. The van der Waals surface area contributed by atoms with Crippen LogP contribution in [0.15, 0.2) is 27.1 Å². The van der Waals surface area contributed by atoms with E-state index < -0.39 is 11.9 Å². The number of furan rings is 1. The van der Waals surface area contributed by atoms with E-state index >= 15 is 0 Å². The van der Waals surface area contributed by atoms with Gasteiger partial charge in [-0.2, -0.15) is 13.2 Å². The Balaban J connectivity index is 0.00000392. The first-order valence-electron chi connectivity index (χ1n) is 8.09. The minimum absolute atomic E-state index is 0. The van der Waals surface area contributed by atoms with E-state index in [2.05, 4.69) is 25.9 Å². The van der Waals surface area contributed by atoms with Crippen LogP contribution in [0, 0.1) is 6.92 Å². The molecule has 0 saturated heterocycles. The van der Waals surface area contributed by atoms with Crippen LogP contribution in [0.4, 0.5) is 13.2 Å². The van der Waals surface area contributed by atoms with E-state index in [4.69, 9.17) is 4.42 Å². The van der Waals surface area contributed by atoms with Crippen LogP contribution in [0.25, 0.3) is 0 Å². The van der Waals surface area contributed by atoms with Crippen LogP contribution in [0.2, 0.25) is 0 Å². The number of hydrogen-bond donors (Lipinski definition) is 3. The highest BCUT2D eigenvalue weighted by Crippen LogP contribution is 2.29. The molecule has 0 unspecified atom stereocenters. The van der Waals surface area contributed by atoms with Gasteiger partial charge in [0.05, 0.1) is 12.8 Å². The maximum absolute atomic E-state index is 12.5. The monoisotopic (exact) mass is 531 g/mol. The van der Waals surface area contributed by atoms with Crippen molar-refractivity contribution >= 4 is 47.2 Å². The van der Waals surface area contributed by atoms with E-state index in [0.717, 1.165) is 22.3 Å². The average Bonchev–Trinajstić information content (AvgIpc) is 3.25. The number of nitrogens with zero attached hydrogens (tertiary/aromatic N) is 2. The Hall–Kier alpha value is -1.83. The highest BCUT2D eigenvalue weighted by molar-refractivity contribution is 14.0. The molecule has 28 heavy (non-hydrogen) atoms. The lowest BCUT2D eigenvalue weighted by Gasteiger charge is -2.11. The van der Waals surface area contributed by atoms with E-state index in [1.165, 1.54) is 6.26 Å². The maximum Gasteiger partial charge on any atom is 0.434 e. The van der Waals surface area contributed by atoms with Gasteiger partial charge in [0.1, 0.15) is 5.01 Å². The van der Waals surface area contributed by atoms with E-state index in [9.17, 15) is 18.0 Å². The molecule has 0 spiro atoms. The number of hydrogen-bond acceptors (Lipinski definition) is 5. The second-order valence-electron chi connectivity index (χ2n) is 5.52. The van der Waals surface area contributed by atoms with E-state index in [1.807, 2.05) is 0 Å². The second-order valence-corrected chi connectivity index (χ2v) is 6.46. The smallest absolute Gasteiger partial charge is 0.434 e. The minimum Gasteiger partial charge on any atom is -0.459 e. The molecule has 2 aromatic heterocycles. The van der Waals surface area contributed by atoms with Crippen LogP contribution in [0.5, 0.6) is 0 Å². The molecule has 0 radical (unpaired) electrons. The Labute approximate surface area is 181 Å². The Morgan fingerprint density at radius 2 is 2.00 bits per heavy atom. The first kappa shape index (κ1) is 24.2. The van der Waals surface area contributed by atoms with E-state index in [1.54, 1.807) is 20.0 Å². The van der Waals surface area contributed by atoms with Crippen LogP contribution in [-0.4, -0.2) is 37.0 Å². The number of aryl methyl sites for hydroxylation is 1. The molecule has 0 aliphatic rings. The topological polar surface area (TPSA) is 91.5 Å². The molecule has 156 valence electrons. The van der Waals surface area contributed by atoms with Crippen molar-refractivity contribution in [1.29, 1.82) is 0 Å². The number of halogens is 4. The quantitative estimate of drug-likeness (QED) is 0.221. The number of aromatic nitrogens is 1. The van der Waals surface area contributed by atoms with Crippen molar-refractivity contribution in [3.63, 3.8) is 0 Å². The van der Waals surface area contributed by atoms with Gasteiger partial charge in [0.25, 0.3) is 5.91 Å². The fourth-order valence-electron chi connectivity index (χ4n) is 2.08. The zero-order chi connectivity index (χ0) is 19.9. The molecule has 2 rings (SSSR count). The van der Waals surface area contributed by atoms with Crippen molar-refractivity contribution in [2.75, 3.05) is 20.1 Å². The normalized spacial score (nSPS) is 11.7. The first-order valence-corrected chi connectivity index (χ1v) is 8.97. The molecule has 0 fully saturated rings. The third-order valence-electron chi connectivity index (χ3n) is 3.47. The van der Waals surface area contributed by atoms with Gasteiger partial charge in [0.2, 0.25) is 0 Å². The van der Waals surface area contributed by atoms with Gasteiger partial charge in [-0.25, -0.2) is 4.98 Å². The standard InChI is InChI=1S/C16H20F3N5O2S.HI/c1-10-4-7-26-13(10)14(25)21-5-3-6-22-15(20-2)23-8-12-24-11(9-27-12)16(17,18)19;/h4,7,9H,3,5-6,8H2,1-2H3,(H,21,25)(H2,20,22,23);1H. The van der Waals surface area contributed by atoms with E-state index in [0.29, 0.717) is 36.2 Å². The number of alkyl halides is 3. The van der Waals surface area contributed by atoms with Crippen LogP contribution in [-0.2, 0) is 12.7 Å². The van der Waals surface area contributed by atoms with Gasteiger partial charge < -0.3 is 20.4 Å². The SMILES string of the molecule is CN=C(NCCCNC(=O)c1occc1C)NCc1nc(C(F)(F)F)cs1.I. The van der Waals surface area contributed by atoms with Gasteiger partial charge in [-0.15, -0.1) is 35.3 Å². The Kier molecular flexibility index (Phi) is 9.72. The van der Waals surface area contributed by atoms with Gasteiger partial charge in [0.15, 0.2) is 17.4 Å². The van der Waals surface area contributed by atoms with Gasteiger partial charge in [-0.1, -0.05) is 0 Å². The summed E-state index contributed by atoms with van der Waals surface area (Å²) < 4.78 is 42.7.